The molecule has 0 radical (unpaired) electrons. The third-order valence-corrected chi connectivity index (χ3v) is 12.2. The molecule has 0 bridgehead atoms. The van der Waals surface area contributed by atoms with Crippen LogP contribution in [0.15, 0.2) is 170 Å². The van der Waals surface area contributed by atoms with Crippen molar-refractivity contribution >= 4 is 17.9 Å². The first-order valence-electron chi connectivity index (χ1n) is 30.6. The highest BCUT2D eigenvalue weighted by Crippen LogP contribution is 2.13. The van der Waals surface area contributed by atoms with Crippen LogP contribution in [0.5, 0.6) is 0 Å². The maximum absolute atomic E-state index is 12.8. The number of unbranched alkanes of at least 4 members (excludes halogenated alkanes) is 14. The Hall–Kier alpha value is -5.23. The van der Waals surface area contributed by atoms with E-state index in [1.165, 1.54) is 51.4 Å². The van der Waals surface area contributed by atoms with Gasteiger partial charge in [0.1, 0.15) is 13.2 Å². The van der Waals surface area contributed by atoms with Crippen LogP contribution >= 0.6 is 0 Å². The lowest BCUT2D eigenvalue weighted by Crippen LogP contribution is -2.30. The summed E-state index contributed by atoms with van der Waals surface area (Å²) >= 11 is 0. The second kappa shape index (κ2) is 63.3. The van der Waals surface area contributed by atoms with Crippen LogP contribution in [0.1, 0.15) is 239 Å². The molecule has 0 N–H and O–H groups in total. The first kappa shape index (κ1) is 71.8. The van der Waals surface area contributed by atoms with Gasteiger partial charge in [-0.15, -0.1) is 0 Å². The van der Waals surface area contributed by atoms with Crippen molar-refractivity contribution < 1.29 is 28.6 Å². The fraction of sp³-hybridized carbons (Fsp3) is 0.563. The van der Waals surface area contributed by atoms with Crippen molar-refractivity contribution in [3.8, 4) is 0 Å². The molecule has 0 fully saturated rings. The average Bonchev–Trinajstić information content (AvgIpc) is 3.43. The minimum Gasteiger partial charge on any atom is -0.462 e. The summed E-state index contributed by atoms with van der Waals surface area (Å²) in [4.78, 5) is 38.1. The molecule has 0 spiro atoms. The monoisotopic (exact) mass is 1060 g/mol. The zero-order chi connectivity index (χ0) is 55.7. The first-order valence-corrected chi connectivity index (χ1v) is 30.6. The molecular weight excluding hydrogens is 949 g/mol. The Morgan fingerprint density at radius 3 is 0.831 bits per heavy atom. The van der Waals surface area contributed by atoms with Gasteiger partial charge < -0.3 is 14.2 Å². The summed E-state index contributed by atoms with van der Waals surface area (Å²) in [6, 6.07) is 0. The van der Waals surface area contributed by atoms with Gasteiger partial charge in [-0.3, -0.25) is 14.4 Å². The van der Waals surface area contributed by atoms with Gasteiger partial charge in [-0.1, -0.05) is 262 Å². The van der Waals surface area contributed by atoms with Gasteiger partial charge in [0.25, 0.3) is 0 Å². The quantitative estimate of drug-likeness (QED) is 0.0261. The maximum atomic E-state index is 12.8. The first-order chi connectivity index (χ1) is 38.0. The number of esters is 3. The Bertz CT molecular complexity index is 1790. The molecule has 0 heterocycles. The zero-order valence-electron chi connectivity index (χ0n) is 49.1. The molecule has 0 amide bonds. The fourth-order valence-corrected chi connectivity index (χ4v) is 7.70. The maximum Gasteiger partial charge on any atom is 0.306 e. The third kappa shape index (κ3) is 61.5. The van der Waals surface area contributed by atoms with Gasteiger partial charge in [-0.05, 0) is 128 Å². The standard InChI is InChI=1S/C71H110O6/c1-4-7-10-13-16-19-22-24-26-28-29-30-31-32-33-34-35-36-37-38-39-40-41-43-44-46-49-52-55-58-61-64-70(73)76-67-68(66-75-69(72)63-60-57-54-51-48-21-18-15-12-9-6-3)77-71(74)65-62-59-56-53-50-47-45-42-27-25-23-20-17-14-11-8-5-2/h7-8,10-11,16-17,19-20,24-27,29-30,32-33,35-36,38-39,41,43,45-47,49,53,56,68H,4-6,9,12-15,18,21-23,28,31,34,37,40,42,44,48,50-52,54-55,57-67H2,1-3H3/b10-7-,11-8-,19-16-,20-17-,26-24-,27-25-,30-29-,33-32-,36-35-,39-38-,43-41-,47-45-,49-46-,56-53-. The number of carbonyl (C=O) groups excluding carboxylic acids is 3. The Kier molecular flexibility index (Phi) is 59.0. The van der Waals surface area contributed by atoms with E-state index in [0.29, 0.717) is 19.3 Å². The Morgan fingerprint density at radius 2 is 0.519 bits per heavy atom. The SMILES string of the molecule is CC/C=C\C/C=C\C/C=C\C/C=C\C/C=C\C/C=C\C/C=C\C/C=C\C/C=C\CCCCCC(=O)OCC(COC(=O)CCCCCCCCCCCCC)OC(=O)CCC/C=C\C/C=C\C/C=C\C/C=C\C/C=C\CC. The van der Waals surface area contributed by atoms with Gasteiger partial charge in [0.15, 0.2) is 6.10 Å². The number of carbonyl (C=O) groups is 3. The summed E-state index contributed by atoms with van der Waals surface area (Å²) in [5.74, 6) is -1.02. The van der Waals surface area contributed by atoms with E-state index in [9.17, 15) is 14.4 Å². The van der Waals surface area contributed by atoms with Gasteiger partial charge in [-0.2, -0.15) is 0 Å². The highest BCUT2D eigenvalue weighted by atomic mass is 16.6. The highest BCUT2D eigenvalue weighted by molar-refractivity contribution is 5.71. The van der Waals surface area contributed by atoms with Crippen LogP contribution in [0.3, 0.4) is 0 Å². The lowest BCUT2D eigenvalue weighted by molar-refractivity contribution is -0.167. The third-order valence-electron chi connectivity index (χ3n) is 12.2. The van der Waals surface area contributed by atoms with Crippen LogP contribution in [-0.4, -0.2) is 37.2 Å². The summed E-state index contributed by atoms with van der Waals surface area (Å²) in [6.45, 7) is 6.31. The molecule has 0 aromatic carbocycles. The summed E-state index contributed by atoms with van der Waals surface area (Å²) in [5, 5.41) is 0. The predicted octanol–water partition coefficient (Wildman–Crippen LogP) is 21.1. The molecule has 1 unspecified atom stereocenters. The lowest BCUT2D eigenvalue weighted by atomic mass is 10.1. The van der Waals surface area contributed by atoms with Gasteiger partial charge in [0, 0.05) is 19.3 Å². The Balaban J connectivity index is 4.43. The number of ether oxygens (including phenoxy) is 3. The Labute approximate surface area is 472 Å². The van der Waals surface area contributed by atoms with E-state index in [4.69, 9.17) is 14.2 Å². The molecule has 0 aromatic heterocycles. The largest absolute Gasteiger partial charge is 0.462 e. The van der Waals surface area contributed by atoms with E-state index in [-0.39, 0.29) is 37.5 Å². The highest BCUT2D eigenvalue weighted by Gasteiger charge is 2.19. The van der Waals surface area contributed by atoms with Crippen molar-refractivity contribution in [1.29, 1.82) is 0 Å². The minimum absolute atomic E-state index is 0.117. The number of allylic oxidation sites excluding steroid dienone is 28. The van der Waals surface area contributed by atoms with E-state index < -0.39 is 6.10 Å². The van der Waals surface area contributed by atoms with Crippen LogP contribution < -0.4 is 0 Å². The molecule has 6 heteroatoms. The summed E-state index contributed by atoms with van der Waals surface area (Å²) in [6.07, 6.45) is 93.6. The van der Waals surface area contributed by atoms with E-state index in [0.717, 1.165) is 141 Å². The average molecular weight is 1060 g/mol. The summed E-state index contributed by atoms with van der Waals surface area (Å²) < 4.78 is 16.8. The molecule has 0 aliphatic heterocycles. The molecule has 0 saturated carbocycles. The molecule has 6 nitrogen and oxygen atoms in total. The normalized spacial score (nSPS) is 13.3. The molecule has 0 saturated heterocycles. The molecule has 430 valence electrons. The fourth-order valence-electron chi connectivity index (χ4n) is 7.70. The van der Waals surface area contributed by atoms with Crippen molar-refractivity contribution in [2.75, 3.05) is 13.2 Å². The van der Waals surface area contributed by atoms with Crippen molar-refractivity contribution in [2.45, 2.75) is 245 Å². The summed E-state index contributed by atoms with van der Waals surface area (Å²) in [5.41, 5.74) is 0. The lowest BCUT2D eigenvalue weighted by Gasteiger charge is -2.18. The molecule has 0 aliphatic rings. The molecule has 0 aliphatic carbocycles. The molecule has 0 aromatic rings. The van der Waals surface area contributed by atoms with Gasteiger partial charge >= 0.3 is 17.9 Å². The molecular formula is C71H110O6. The smallest absolute Gasteiger partial charge is 0.306 e. The molecule has 77 heavy (non-hydrogen) atoms. The van der Waals surface area contributed by atoms with Gasteiger partial charge in [0.05, 0.1) is 0 Å². The van der Waals surface area contributed by atoms with Crippen LogP contribution in [0, 0.1) is 0 Å². The minimum atomic E-state index is -0.829. The van der Waals surface area contributed by atoms with Crippen molar-refractivity contribution in [2.24, 2.45) is 0 Å². The van der Waals surface area contributed by atoms with Crippen LogP contribution in [0.25, 0.3) is 0 Å². The number of hydrogen-bond acceptors (Lipinski definition) is 6. The molecule has 0 rings (SSSR count). The predicted molar refractivity (Wildman–Crippen MR) is 334 cm³/mol. The van der Waals surface area contributed by atoms with E-state index in [1.54, 1.807) is 0 Å². The van der Waals surface area contributed by atoms with Crippen LogP contribution in [-0.2, 0) is 28.6 Å². The van der Waals surface area contributed by atoms with E-state index in [2.05, 4.69) is 191 Å². The van der Waals surface area contributed by atoms with Crippen LogP contribution in [0.4, 0.5) is 0 Å². The van der Waals surface area contributed by atoms with Crippen molar-refractivity contribution in [3.63, 3.8) is 0 Å². The van der Waals surface area contributed by atoms with Crippen LogP contribution in [0.2, 0.25) is 0 Å². The van der Waals surface area contributed by atoms with Gasteiger partial charge in [-0.25, -0.2) is 0 Å². The zero-order valence-corrected chi connectivity index (χ0v) is 49.1. The number of hydrogen-bond donors (Lipinski definition) is 0. The molecule has 1 atom stereocenters. The van der Waals surface area contributed by atoms with E-state index in [1.807, 2.05) is 0 Å². The van der Waals surface area contributed by atoms with Crippen molar-refractivity contribution in [3.05, 3.63) is 170 Å². The van der Waals surface area contributed by atoms with Crippen molar-refractivity contribution in [1.82, 2.24) is 0 Å². The topological polar surface area (TPSA) is 78.9 Å². The second-order valence-corrected chi connectivity index (χ2v) is 19.5. The van der Waals surface area contributed by atoms with Gasteiger partial charge in [0.2, 0.25) is 0 Å². The second-order valence-electron chi connectivity index (χ2n) is 19.5. The van der Waals surface area contributed by atoms with E-state index >= 15 is 0 Å². The number of rotatable bonds is 53. The summed E-state index contributed by atoms with van der Waals surface area (Å²) in [7, 11) is 0. The Morgan fingerprint density at radius 1 is 0.273 bits per heavy atom.